The Balaban J connectivity index is 2.24. The zero-order valence-electron chi connectivity index (χ0n) is 10.8. The fourth-order valence-corrected chi connectivity index (χ4v) is 4.22. The Labute approximate surface area is 123 Å². The van der Waals surface area contributed by atoms with Crippen LogP contribution < -0.4 is 10.5 Å². The molecule has 0 aliphatic heterocycles. The van der Waals surface area contributed by atoms with E-state index in [1.165, 1.54) is 18.2 Å². The smallest absolute Gasteiger partial charge is 0.242 e. The number of nitrogens with two attached hydrogens (primary N) is 1. The summed E-state index contributed by atoms with van der Waals surface area (Å²) in [7, 11) is -3.72. The van der Waals surface area contributed by atoms with Crippen molar-refractivity contribution >= 4 is 21.6 Å². The van der Waals surface area contributed by atoms with Crippen molar-refractivity contribution in [1.82, 2.24) is 4.72 Å². The molecule has 0 spiro atoms. The molecule has 1 aromatic rings. The fraction of sp³-hybridized carbons (Fsp3) is 0.462. The Kier molecular flexibility index (Phi) is 4.66. The zero-order chi connectivity index (χ0) is 14.8. The molecule has 2 rings (SSSR count). The molecule has 7 heteroatoms. The zero-order valence-corrected chi connectivity index (χ0v) is 12.4. The minimum atomic E-state index is -3.72. The molecule has 0 heterocycles. The van der Waals surface area contributed by atoms with Gasteiger partial charge in [0.05, 0.1) is 16.7 Å². The Bertz CT molecular complexity index is 640. The standard InChI is InChI=1S/C13H16ClN3O2S/c14-10-7-9(8-15)5-6-13(10)20(18,19)17-12-4-2-1-3-11(12)16/h5-7,11-12,17H,1-4,16H2. The topological polar surface area (TPSA) is 96.0 Å². The van der Waals surface area contributed by atoms with Crippen LogP contribution in [0.15, 0.2) is 23.1 Å². The number of halogens is 1. The average Bonchev–Trinajstić information content (AvgIpc) is 2.40. The summed E-state index contributed by atoms with van der Waals surface area (Å²) in [5.74, 6) is 0. The molecule has 1 aliphatic rings. The summed E-state index contributed by atoms with van der Waals surface area (Å²) in [6.45, 7) is 0. The molecule has 2 unspecified atom stereocenters. The van der Waals surface area contributed by atoms with Gasteiger partial charge >= 0.3 is 0 Å². The van der Waals surface area contributed by atoms with E-state index in [2.05, 4.69) is 4.72 Å². The summed E-state index contributed by atoms with van der Waals surface area (Å²) in [5.41, 5.74) is 6.27. The molecule has 0 radical (unpaired) electrons. The van der Waals surface area contributed by atoms with Gasteiger partial charge in [0.1, 0.15) is 4.90 Å². The van der Waals surface area contributed by atoms with Crippen LogP contribution in [-0.4, -0.2) is 20.5 Å². The lowest BCUT2D eigenvalue weighted by molar-refractivity contribution is 0.361. The van der Waals surface area contributed by atoms with Gasteiger partial charge in [0.2, 0.25) is 10.0 Å². The molecule has 0 aromatic heterocycles. The van der Waals surface area contributed by atoms with E-state index in [4.69, 9.17) is 22.6 Å². The number of hydrogen-bond acceptors (Lipinski definition) is 4. The van der Waals surface area contributed by atoms with Crippen molar-refractivity contribution in [1.29, 1.82) is 5.26 Å². The molecule has 5 nitrogen and oxygen atoms in total. The average molecular weight is 314 g/mol. The van der Waals surface area contributed by atoms with Gasteiger partial charge < -0.3 is 5.73 Å². The molecule has 0 saturated heterocycles. The molecule has 2 atom stereocenters. The molecule has 1 saturated carbocycles. The maximum absolute atomic E-state index is 12.3. The minimum Gasteiger partial charge on any atom is -0.326 e. The van der Waals surface area contributed by atoms with Crippen LogP contribution in [0, 0.1) is 11.3 Å². The van der Waals surface area contributed by atoms with Crippen molar-refractivity contribution in [3.05, 3.63) is 28.8 Å². The molecule has 0 bridgehead atoms. The minimum absolute atomic E-state index is 0.0176. The lowest BCUT2D eigenvalue weighted by Gasteiger charge is -2.29. The first-order chi connectivity index (χ1) is 9.44. The van der Waals surface area contributed by atoms with Gasteiger partial charge in [-0.25, -0.2) is 13.1 Å². The Morgan fingerprint density at radius 1 is 1.35 bits per heavy atom. The number of benzene rings is 1. The number of nitrogens with zero attached hydrogens (tertiary/aromatic N) is 1. The van der Waals surface area contributed by atoms with E-state index in [1.54, 1.807) is 0 Å². The molecule has 0 amide bonds. The third kappa shape index (κ3) is 3.30. The van der Waals surface area contributed by atoms with Crippen LogP contribution in [0.5, 0.6) is 0 Å². The molecular formula is C13H16ClN3O2S. The molecule has 1 fully saturated rings. The van der Waals surface area contributed by atoms with Crippen LogP contribution in [0.3, 0.4) is 0 Å². The van der Waals surface area contributed by atoms with Gasteiger partial charge in [-0.15, -0.1) is 0 Å². The molecule has 1 aliphatic carbocycles. The van der Waals surface area contributed by atoms with Crippen LogP contribution in [-0.2, 0) is 10.0 Å². The van der Waals surface area contributed by atoms with Crippen molar-refractivity contribution < 1.29 is 8.42 Å². The third-order valence-corrected chi connectivity index (χ3v) is 5.45. The Morgan fingerprint density at radius 3 is 2.65 bits per heavy atom. The normalized spacial score (nSPS) is 23.2. The van der Waals surface area contributed by atoms with E-state index in [9.17, 15) is 8.42 Å². The van der Waals surface area contributed by atoms with Crippen LogP contribution >= 0.6 is 11.6 Å². The summed E-state index contributed by atoms with van der Waals surface area (Å²) < 4.78 is 27.3. The number of hydrogen-bond donors (Lipinski definition) is 2. The number of rotatable bonds is 3. The molecule has 1 aromatic carbocycles. The van der Waals surface area contributed by atoms with E-state index in [1.807, 2.05) is 6.07 Å². The summed E-state index contributed by atoms with van der Waals surface area (Å²) >= 11 is 5.95. The SMILES string of the molecule is N#Cc1ccc(S(=O)(=O)NC2CCCCC2N)c(Cl)c1. The molecule has 3 N–H and O–H groups in total. The summed E-state index contributed by atoms with van der Waals surface area (Å²) in [6, 6.07) is 5.60. The summed E-state index contributed by atoms with van der Waals surface area (Å²) in [5, 5.41) is 8.80. The van der Waals surface area contributed by atoms with Crippen molar-refractivity contribution in [2.24, 2.45) is 5.73 Å². The fourth-order valence-electron chi connectivity index (χ4n) is 2.36. The van der Waals surface area contributed by atoms with E-state index < -0.39 is 10.0 Å². The highest BCUT2D eigenvalue weighted by Gasteiger charge is 2.28. The first-order valence-corrected chi connectivity index (χ1v) is 8.28. The summed E-state index contributed by atoms with van der Waals surface area (Å²) in [6.07, 6.45) is 3.53. The van der Waals surface area contributed by atoms with Gasteiger partial charge in [-0.1, -0.05) is 24.4 Å². The van der Waals surface area contributed by atoms with Gasteiger partial charge in [0, 0.05) is 12.1 Å². The molecular weight excluding hydrogens is 298 g/mol. The van der Waals surface area contributed by atoms with Gasteiger partial charge in [0.25, 0.3) is 0 Å². The van der Waals surface area contributed by atoms with Crippen LogP contribution in [0.25, 0.3) is 0 Å². The highest BCUT2D eigenvalue weighted by atomic mass is 35.5. The van der Waals surface area contributed by atoms with Crippen molar-refractivity contribution in [3.63, 3.8) is 0 Å². The van der Waals surface area contributed by atoms with E-state index >= 15 is 0 Å². The predicted molar refractivity (Wildman–Crippen MR) is 76.7 cm³/mol. The highest BCUT2D eigenvalue weighted by molar-refractivity contribution is 7.89. The van der Waals surface area contributed by atoms with Crippen molar-refractivity contribution in [2.75, 3.05) is 0 Å². The quantitative estimate of drug-likeness (QED) is 0.888. The highest BCUT2D eigenvalue weighted by Crippen LogP contribution is 2.24. The van der Waals surface area contributed by atoms with E-state index in [0.717, 1.165) is 25.7 Å². The molecule has 20 heavy (non-hydrogen) atoms. The van der Waals surface area contributed by atoms with Crippen LogP contribution in [0.4, 0.5) is 0 Å². The van der Waals surface area contributed by atoms with Crippen molar-refractivity contribution in [3.8, 4) is 6.07 Å². The number of nitriles is 1. The molecule has 108 valence electrons. The second-order valence-electron chi connectivity index (χ2n) is 4.93. The van der Waals surface area contributed by atoms with Gasteiger partial charge in [0.15, 0.2) is 0 Å². The maximum atomic E-state index is 12.3. The van der Waals surface area contributed by atoms with E-state index in [0.29, 0.717) is 5.56 Å². The number of sulfonamides is 1. The number of nitrogens with one attached hydrogen (secondary N) is 1. The van der Waals surface area contributed by atoms with Gasteiger partial charge in [-0.3, -0.25) is 0 Å². The Hall–Kier alpha value is -1.13. The van der Waals surface area contributed by atoms with Gasteiger partial charge in [-0.2, -0.15) is 5.26 Å². The van der Waals surface area contributed by atoms with Gasteiger partial charge in [-0.05, 0) is 31.0 Å². The monoisotopic (exact) mass is 313 g/mol. The maximum Gasteiger partial charge on any atom is 0.242 e. The second-order valence-corrected chi connectivity index (χ2v) is 7.02. The first kappa shape index (κ1) is 15.3. The van der Waals surface area contributed by atoms with E-state index in [-0.39, 0.29) is 22.0 Å². The largest absolute Gasteiger partial charge is 0.326 e. The predicted octanol–water partition coefficient (Wildman–Crippen LogP) is 1.76. The lowest BCUT2D eigenvalue weighted by Crippen LogP contribution is -2.49. The third-order valence-electron chi connectivity index (χ3n) is 3.48. The van der Waals surface area contributed by atoms with Crippen LogP contribution in [0.2, 0.25) is 5.02 Å². The summed E-state index contributed by atoms with van der Waals surface area (Å²) in [4.78, 5) is -0.0176. The lowest BCUT2D eigenvalue weighted by atomic mass is 9.92. The Morgan fingerprint density at radius 2 is 2.05 bits per heavy atom. The van der Waals surface area contributed by atoms with Crippen molar-refractivity contribution in [2.45, 2.75) is 42.7 Å². The van der Waals surface area contributed by atoms with Crippen LogP contribution in [0.1, 0.15) is 31.2 Å². The first-order valence-electron chi connectivity index (χ1n) is 6.41. The second kappa shape index (κ2) is 6.10.